The topological polar surface area (TPSA) is 42.4 Å². The number of esters is 1. The second kappa shape index (κ2) is 6.19. The lowest BCUT2D eigenvalue weighted by molar-refractivity contribution is -0.141. The Morgan fingerprint density at radius 2 is 2.18 bits per heavy atom. The van der Waals surface area contributed by atoms with Crippen molar-refractivity contribution in [2.75, 3.05) is 20.7 Å². The van der Waals surface area contributed by atoms with E-state index >= 15 is 0 Å². The number of carbonyl (C=O) groups is 1. The summed E-state index contributed by atoms with van der Waals surface area (Å²) in [6, 6.07) is 1.74. The fourth-order valence-corrected chi connectivity index (χ4v) is 2.03. The van der Waals surface area contributed by atoms with E-state index in [2.05, 4.69) is 9.72 Å². The summed E-state index contributed by atoms with van der Waals surface area (Å²) in [5.41, 5.74) is 1.48. The molecule has 0 aliphatic carbocycles. The van der Waals surface area contributed by atoms with Crippen LogP contribution in [0.2, 0.25) is 10.2 Å². The molecule has 0 saturated heterocycles. The van der Waals surface area contributed by atoms with Crippen LogP contribution in [-0.4, -0.2) is 36.6 Å². The fraction of sp³-hybridized carbons (Fsp3) is 0.455. The summed E-state index contributed by atoms with van der Waals surface area (Å²) in [6.07, 6.45) is 0. The summed E-state index contributed by atoms with van der Waals surface area (Å²) in [5, 5.41) is 0.922. The average molecular weight is 277 g/mol. The molecule has 0 amide bonds. The van der Waals surface area contributed by atoms with E-state index in [1.807, 2.05) is 6.92 Å². The molecule has 17 heavy (non-hydrogen) atoms. The van der Waals surface area contributed by atoms with Crippen LogP contribution in [0, 0.1) is 6.92 Å². The number of nitrogens with zero attached hydrogens (tertiary/aromatic N) is 2. The minimum absolute atomic E-state index is 0.178. The average Bonchev–Trinajstić information content (AvgIpc) is 2.23. The Labute approximate surface area is 110 Å². The van der Waals surface area contributed by atoms with Crippen molar-refractivity contribution in [1.82, 2.24) is 9.88 Å². The number of methoxy groups -OCH3 is 1. The molecule has 0 N–H and O–H groups in total. The molecule has 0 radical (unpaired) electrons. The van der Waals surface area contributed by atoms with E-state index in [4.69, 9.17) is 23.2 Å². The Balaban J connectivity index is 2.78. The van der Waals surface area contributed by atoms with Crippen LogP contribution >= 0.6 is 23.2 Å². The van der Waals surface area contributed by atoms with Gasteiger partial charge in [0.25, 0.3) is 0 Å². The number of hydrogen-bond acceptors (Lipinski definition) is 4. The summed E-state index contributed by atoms with van der Waals surface area (Å²) in [5.74, 6) is -0.306. The Morgan fingerprint density at radius 1 is 1.53 bits per heavy atom. The minimum Gasteiger partial charge on any atom is -0.468 e. The van der Waals surface area contributed by atoms with Gasteiger partial charge in [-0.25, -0.2) is 4.98 Å². The summed E-state index contributed by atoms with van der Waals surface area (Å²) >= 11 is 12.1. The van der Waals surface area contributed by atoms with Gasteiger partial charge in [-0.15, -0.1) is 0 Å². The molecule has 0 saturated carbocycles. The molecule has 1 heterocycles. The van der Waals surface area contributed by atoms with Crippen molar-refractivity contribution < 1.29 is 9.53 Å². The van der Waals surface area contributed by atoms with Crippen molar-refractivity contribution in [3.8, 4) is 0 Å². The zero-order chi connectivity index (χ0) is 13.0. The molecule has 0 aliphatic heterocycles. The number of likely N-dealkylation sites (N-methyl/N-ethyl adjacent to an activating group) is 1. The standard InChI is InChI=1S/C11H14Cl2N2O2/c1-7-4-9(12)8(11(13)14-7)5-15(2)6-10(16)17-3/h4H,5-6H2,1-3H3. The third-order valence-electron chi connectivity index (χ3n) is 2.20. The molecule has 0 spiro atoms. The first-order chi connectivity index (χ1) is 7.93. The van der Waals surface area contributed by atoms with Crippen molar-refractivity contribution in [1.29, 1.82) is 0 Å². The predicted octanol–water partition coefficient (Wildman–Crippen LogP) is 2.30. The van der Waals surface area contributed by atoms with Gasteiger partial charge in [-0.05, 0) is 20.0 Å². The zero-order valence-electron chi connectivity index (χ0n) is 9.96. The van der Waals surface area contributed by atoms with Crippen molar-refractivity contribution in [3.63, 3.8) is 0 Å². The molecule has 0 fully saturated rings. The molecule has 0 unspecified atom stereocenters. The number of aryl methyl sites for hydroxylation is 1. The highest BCUT2D eigenvalue weighted by atomic mass is 35.5. The summed E-state index contributed by atoms with van der Waals surface area (Å²) in [6.45, 7) is 2.44. The molecule has 0 atom stereocenters. The molecule has 4 nitrogen and oxygen atoms in total. The smallest absolute Gasteiger partial charge is 0.319 e. The molecule has 0 aromatic carbocycles. The summed E-state index contributed by atoms with van der Waals surface area (Å²) in [4.78, 5) is 17.0. The normalized spacial score (nSPS) is 10.7. The van der Waals surface area contributed by atoms with E-state index in [1.165, 1.54) is 7.11 Å². The third kappa shape index (κ3) is 4.15. The lowest BCUT2D eigenvalue weighted by Crippen LogP contribution is -2.26. The van der Waals surface area contributed by atoms with Crippen molar-refractivity contribution in [2.24, 2.45) is 0 Å². The highest BCUT2D eigenvalue weighted by Crippen LogP contribution is 2.24. The van der Waals surface area contributed by atoms with Crippen LogP contribution in [0.15, 0.2) is 6.07 Å². The number of ether oxygens (including phenoxy) is 1. The molecular formula is C11H14Cl2N2O2. The quantitative estimate of drug-likeness (QED) is 0.625. The maximum Gasteiger partial charge on any atom is 0.319 e. The molecule has 1 aromatic rings. The maximum atomic E-state index is 11.1. The SMILES string of the molecule is COC(=O)CN(C)Cc1c(Cl)cc(C)nc1Cl. The van der Waals surface area contributed by atoms with Gasteiger partial charge in [-0.2, -0.15) is 0 Å². The van der Waals surface area contributed by atoms with Gasteiger partial charge in [0.05, 0.1) is 13.7 Å². The number of carbonyl (C=O) groups excluding carboxylic acids is 1. The van der Waals surface area contributed by atoms with Gasteiger partial charge in [0.15, 0.2) is 0 Å². The van der Waals surface area contributed by atoms with Gasteiger partial charge < -0.3 is 4.74 Å². The first-order valence-corrected chi connectivity index (χ1v) is 5.76. The monoisotopic (exact) mass is 276 g/mol. The fourth-order valence-electron chi connectivity index (χ4n) is 1.38. The van der Waals surface area contributed by atoms with Crippen molar-refractivity contribution in [3.05, 3.63) is 27.5 Å². The van der Waals surface area contributed by atoms with E-state index in [9.17, 15) is 4.79 Å². The lowest BCUT2D eigenvalue weighted by Gasteiger charge is -2.16. The molecule has 0 bridgehead atoms. The molecule has 6 heteroatoms. The number of aromatic nitrogens is 1. The van der Waals surface area contributed by atoms with E-state index in [0.717, 1.165) is 5.69 Å². The Morgan fingerprint density at radius 3 is 2.71 bits per heavy atom. The van der Waals surface area contributed by atoms with Crippen LogP contribution < -0.4 is 0 Å². The van der Waals surface area contributed by atoms with Crippen LogP contribution in [-0.2, 0) is 16.1 Å². The first-order valence-electron chi connectivity index (χ1n) is 5.01. The lowest BCUT2D eigenvalue weighted by atomic mass is 10.2. The first kappa shape index (κ1) is 14.2. The largest absolute Gasteiger partial charge is 0.468 e. The van der Waals surface area contributed by atoms with Gasteiger partial charge >= 0.3 is 5.97 Å². The van der Waals surface area contributed by atoms with Gasteiger partial charge in [0.2, 0.25) is 0 Å². The second-order valence-electron chi connectivity index (χ2n) is 3.76. The molecule has 1 rings (SSSR count). The molecule has 94 valence electrons. The van der Waals surface area contributed by atoms with Crippen molar-refractivity contribution in [2.45, 2.75) is 13.5 Å². The Bertz CT molecular complexity index is 401. The second-order valence-corrected chi connectivity index (χ2v) is 4.53. The zero-order valence-corrected chi connectivity index (χ0v) is 11.5. The van der Waals surface area contributed by atoms with Gasteiger partial charge in [-0.1, -0.05) is 23.2 Å². The number of hydrogen-bond donors (Lipinski definition) is 0. The Hall–Kier alpha value is -0.840. The predicted molar refractivity (Wildman–Crippen MR) is 67.3 cm³/mol. The van der Waals surface area contributed by atoms with Crippen LogP contribution in [0.4, 0.5) is 0 Å². The van der Waals surface area contributed by atoms with Gasteiger partial charge in [0.1, 0.15) is 5.15 Å². The third-order valence-corrected chi connectivity index (χ3v) is 2.85. The van der Waals surface area contributed by atoms with Gasteiger partial charge in [0, 0.05) is 22.8 Å². The number of rotatable bonds is 4. The summed E-state index contributed by atoms with van der Waals surface area (Å²) in [7, 11) is 3.13. The Kier molecular flexibility index (Phi) is 5.18. The number of pyridine rings is 1. The van der Waals surface area contributed by atoms with E-state index in [1.54, 1.807) is 18.0 Å². The molecule has 0 aliphatic rings. The van der Waals surface area contributed by atoms with E-state index in [0.29, 0.717) is 22.3 Å². The molecule has 1 aromatic heterocycles. The van der Waals surface area contributed by atoms with E-state index < -0.39 is 0 Å². The van der Waals surface area contributed by atoms with Crippen LogP contribution in [0.3, 0.4) is 0 Å². The van der Waals surface area contributed by atoms with Crippen LogP contribution in [0.5, 0.6) is 0 Å². The van der Waals surface area contributed by atoms with Crippen LogP contribution in [0.25, 0.3) is 0 Å². The maximum absolute atomic E-state index is 11.1. The van der Waals surface area contributed by atoms with Crippen LogP contribution in [0.1, 0.15) is 11.3 Å². The van der Waals surface area contributed by atoms with Gasteiger partial charge in [-0.3, -0.25) is 9.69 Å². The minimum atomic E-state index is -0.306. The highest BCUT2D eigenvalue weighted by molar-refractivity contribution is 6.35. The number of halogens is 2. The van der Waals surface area contributed by atoms with Crippen molar-refractivity contribution >= 4 is 29.2 Å². The summed E-state index contributed by atoms with van der Waals surface area (Å²) < 4.78 is 4.58. The molecular weight excluding hydrogens is 263 g/mol. The van der Waals surface area contributed by atoms with E-state index in [-0.39, 0.29) is 12.5 Å². The highest BCUT2D eigenvalue weighted by Gasteiger charge is 2.13.